The van der Waals surface area contributed by atoms with Gasteiger partial charge >= 0.3 is 7.12 Å². The van der Waals surface area contributed by atoms with Crippen LogP contribution in [0.25, 0.3) is 11.3 Å². The molecule has 0 spiro atoms. The average molecular weight is 320 g/mol. The lowest BCUT2D eigenvalue weighted by molar-refractivity contribution is 0.00578. The van der Waals surface area contributed by atoms with Gasteiger partial charge in [0.05, 0.1) is 16.7 Å². The Labute approximate surface area is 135 Å². The minimum absolute atomic E-state index is 0.410. The van der Waals surface area contributed by atoms with Gasteiger partial charge in [-0.3, -0.25) is 0 Å². The molecule has 0 aliphatic carbocycles. The quantitative estimate of drug-likeness (QED) is 0.793. The van der Waals surface area contributed by atoms with Crippen molar-refractivity contribution in [3.8, 4) is 11.3 Å². The highest BCUT2D eigenvalue weighted by Gasteiger charge is 2.53. The van der Waals surface area contributed by atoms with E-state index in [2.05, 4.69) is 5.16 Å². The highest BCUT2D eigenvalue weighted by Crippen LogP contribution is 2.37. The fraction of sp³-hybridized carbons (Fsp3) is 0.438. The van der Waals surface area contributed by atoms with E-state index < -0.39 is 18.3 Å². The van der Waals surface area contributed by atoms with Crippen LogP contribution in [-0.2, 0) is 9.31 Å². The van der Waals surface area contributed by atoms with Gasteiger partial charge in [0.1, 0.15) is 11.5 Å². The summed E-state index contributed by atoms with van der Waals surface area (Å²) in [5.41, 5.74) is 1.59. The Kier molecular flexibility index (Phi) is 3.63. The van der Waals surface area contributed by atoms with Crippen molar-refractivity contribution in [1.82, 2.24) is 5.16 Å². The zero-order chi connectivity index (χ0) is 16.1. The molecule has 1 aromatic carbocycles. The number of halogens is 1. The molecule has 1 aliphatic rings. The van der Waals surface area contributed by atoms with Crippen molar-refractivity contribution in [1.29, 1.82) is 0 Å². The largest absolute Gasteiger partial charge is 0.500 e. The first-order chi connectivity index (χ1) is 10.2. The first-order valence-corrected chi connectivity index (χ1v) is 7.67. The molecular weight excluding hydrogens is 300 g/mol. The molecule has 0 saturated carbocycles. The number of aryl methyl sites for hydroxylation is 1. The summed E-state index contributed by atoms with van der Waals surface area (Å²) in [5.74, 6) is 0.688. The van der Waals surface area contributed by atoms with E-state index in [-0.39, 0.29) is 0 Å². The average Bonchev–Trinajstić information content (AvgIpc) is 2.87. The highest BCUT2D eigenvalue weighted by molar-refractivity contribution is 6.64. The van der Waals surface area contributed by atoms with Crippen molar-refractivity contribution < 1.29 is 13.8 Å². The Bertz CT molecular complexity index is 695. The summed E-state index contributed by atoms with van der Waals surface area (Å²) in [4.78, 5) is 0. The number of benzene rings is 1. The van der Waals surface area contributed by atoms with Gasteiger partial charge in [-0.05, 0) is 46.8 Å². The summed E-state index contributed by atoms with van der Waals surface area (Å²) in [7, 11) is -0.509. The van der Waals surface area contributed by atoms with Crippen LogP contribution in [0.1, 0.15) is 33.5 Å². The van der Waals surface area contributed by atoms with E-state index in [0.717, 1.165) is 11.0 Å². The molecule has 2 heterocycles. The third kappa shape index (κ3) is 2.47. The molecule has 0 amide bonds. The van der Waals surface area contributed by atoms with E-state index in [0.29, 0.717) is 16.5 Å². The first kappa shape index (κ1) is 15.6. The molecule has 0 unspecified atom stereocenters. The molecular formula is C16H19BClNO3. The fourth-order valence-electron chi connectivity index (χ4n) is 2.46. The van der Waals surface area contributed by atoms with Crippen LogP contribution < -0.4 is 5.46 Å². The molecule has 0 bridgehead atoms. The lowest BCUT2D eigenvalue weighted by atomic mass is 9.76. The fourth-order valence-corrected chi connectivity index (χ4v) is 2.65. The lowest BCUT2D eigenvalue weighted by Gasteiger charge is -2.32. The van der Waals surface area contributed by atoms with Gasteiger partial charge in [-0.25, -0.2) is 0 Å². The minimum atomic E-state index is -0.509. The number of aromatic nitrogens is 1. The molecule has 0 N–H and O–H groups in total. The summed E-state index contributed by atoms with van der Waals surface area (Å²) >= 11 is 6.08. The Balaban J connectivity index is 2.05. The van der Waals surface area contributed by atoms with Gasteiger partial charge < -0.3 is 13.8 Å². The van der Waals surface area contributed by atoms with E-state index in [1.165, 1.54) is 0 Å². The predicted molar refractivity (Wildman–Crippen MR) is 87.4 cm³/mol. The second kappa shape index (κ2) is 5.12. The summed E-state index contributed by atoms with van der Waals surface area (Å²) < 4.78 is 17.6. The molecule has 6 heteroatoms. The molecule has 0 atom stereocenters. The first-order valence-electron chi connectivity index (χ1n) is 7.29. The summed E-state index contributed by atoms with van der Waals surface area (Å²) in [6.07, 6.45) is 0. The molecule has 1 fully saturated rings. The standard InChI is InChI=1S/C16H19BClNO3/c1-10-13(17-21-15(2,3)16(4,5)22-17)14(19-20-10)11-7-6-8-12(18)9-11/h6-9H,1-5H3. The molecule has 2 aromatic rings. The number of rotatable bonds is 2. The SMILES string of the molecule is Cc1onc(-c2cccc(Cl)c2)c1B1OC(C)(C)C(C)(C)O1. The summed E-state index contributed by atoms with van der Waals surface area (Å²) in [6.45, 7) is 9.95. The zero-order valence-corrected chi connectivity index (χ0v) is 14.2. The van der Waals surface area contributed by atoms with E-state index in [1.54, 1.807) is 0 Å². The van der Waals surface area contributed by atoms with Crippen molar-refractivity contribution in [3.05, 3.63) is 35.0 Å². The van der Waals surface area contributed by atoms with Crippen LogP contribution >= 0.6 is 11.6 Å². The number of nitrogens with zero attached hydrogens (tertiary/aromatic N) is 1. The van der Waals surface area contributed by atoms with Crippen LogP contribution in [0.3, 0.4) is 0 Å². The molecule has 0 radical (unpaired) electrons. The van der Waals surface area contributed by atoms with Crippen molar-refractivity contribution in [2.24, 2.45) is 0 Å². The van der Waals surface area contributed by atoms with Crippen LogP contribution in [0, 0.1) is 6.92 Å². The Morgan fingerprint density at radius 2 is 1.73 bits per heavy atom. The van der Waals surface area contributed by atoms with Crippen molar-refractivity contribution in [2.75, 3.05) is 0 Å². The van der Waals surface area contributed by atoms with Crippen LogP contribution in [0.2, 0.25) is 5.02 Å². The van der Waals surface area contributed by atoms with Gasteiger partial charge in [-0.1, -0.05) is 28.9 Å². The van der Waals surface area contributed by atoms with E-state index in [4.69, 9.17) is 25.4 Å². The molecule has 116 valence electrons. The van der Waals surface area contributed by atoms with Crippen molar-refractivity contribution in [3.63, 3.8) is 0 Å². The van der Waals surface area contributed by atoms with E-state index in [1.807, 2.05) is 58.9 Å². The van der Waals surface area contributed by atoms with Crippen molar-refractivity contribution >= 4 is 24.2 Å². The summed E-state index contributed by atoms with van der Waals surface area (Å²) in [5, 5.41) is 4.82. The lowest BCUT2D eigenvalue weighted by Crippen LogP contribution is -2.41. The maximum Gasteiger partial charge on any atom is 0.500 e. The summed E-state index contributed by atoms with van der Waals surface area (Å²) in [6, 6.07) is 7.51. The van der Waals surface area contributed by atoms with E-state index >= 15 is 0 Å². The number of hydrogen-bond donors (Lipinski definition) is 0. The highest BCUT2D eigenvalue weighted by atomic mass is 35.5. The van der Waals surface area contributed by atoms with Crippen LogP contribution in [-0.4, -0.2) is 23.5 Å². The van der Waals surface area contributed by atoms with Crippen LogP contribution in [0.5, 0.6) is 0 Å². The molecule has 4 nitrogen and oxygen atoms in total. The Morgan fingerprint density at radius 3 is 2.32 bits per heavy atom. The second-order valence-electron chi connectivity index (χ2n) is 6.60. The maximum atomic E-state index is 6.13. The van der Waals surface area contributed by atoms with Gasteiger partial charge in [-0.15, -0.1) is 0 Å². The Hall–Kier alpha value is -1.30. The van der Waals surface area contributed by atoms with Gasteiger partial charge in [0.25, 0.3) is 0 Å². The molecule has 22 heavy (non-hydrogen) atoms. The van der Waals surface area contributed by atoms with Gasteiger partial charge in [0.2, 0.25) is 0 Å². The Morgan fingerprint density at radius 1 is 1.09 bits per heavy atom. The van der Waals surface area contributed by atoms with Crippen LogP contribution in [0.4, 0.5) is 0 Å². The maximum absolute atomic E-state index is 6.13. The second-order valence-corrected chi connectivity index (χ2v) is 7.04. The van der Waals surface area contributed by atoms with Gasteiger partial charge in [0.15, 0.2) is 0 Å². The zero-order valence-electron chi connectivity index (χ0n) is 13.4. The molecule has 1 saturated heterocycles. The molecule has 3 rings (SSSR count). The van der Waals surface area contributed by atoms with Gasteiger partial charge in [-0.2, -0.15) is 0 Å². The topological polar surface area (TPSA) is 44.5 Å². The molecule has 1 aliphatic heterocycles. The minimum Gasteiger partial charge on any atom is -0.399 e. The predicted octanol–water partition coefficient (Wildman–Crippen LogP) is 3.60. The molecule has 1 aromatic heterocycles. The third-order valence-corrected chi connectivity index (χ3v) is 4.73. The van der Waals surface area contributed by atoms with E-state index in [9.17, 15) is 0 Å². The number of hydrogen-bond acceptors (Lipinski definition) is 4. The third-order valence-electron chi connectivity index (χ3n) is 4.50. The monoisotopic (exact) mass is 319 g/mol. The van der Waals surface area contributed by atoms with Crippen LogP contribution in [0.15, 0.2) is 28.8 Å². The normalized spacial score (nSPS) is 19.6. The van der Waals surface area contributed by atoms with Gasteiger partial charge in [0, 0.05) is 10.6 Å². The smallest absolute Gasteiger partial charge is 0.399 e. The van der Waals surface area contributed by atoms with Crippen molar-refractivity contribution in [2.45, 2.75) is 45.8 Å².